The molecule has 4 heteroatoms. The lowest BCUT2D eigenvalue weighted by molar-refractivity contribution is -0.135. The molecule has 1 aliphatic carbocycles. The van der Waals surface area contributed by atoms with Gasteiger partial charge >= 0.3 is 0 Å². The van der Waals surface area contributed by atoms with Gasteiger partial charge in [0, 0.05) is 27.2 Å². The fraction of sp³-hybridized carbons (Fsp3) is 0.889. The minimum atomic E-state index is -0.220. The molecule has 1 rings (SSSR count). The number of likely N-dealkylation sites (N-methyl/N-ethyl adjacent to an activating group) is 1. The lowest BCUT2D eigenvalue weighted by atomic mass is 10.1. The van der Waals surface area contributed by atoms with Crippen molar-refractivity contribution in [3.05, 3.63) is 0 Å². The highest BCUT2D eigenvalue weighted by Crippen LogP contribution is 2.45. The summed E-state index contributed by atoms with van der Waals surface area (Å²) >= 11 is 0. The number of carbonyl (C=O) groups excluding carboxylic acids is 1. The van der Waals surface area contributed by atoms with E-state index in [9.17, 15) is 4.79 Å². The number of carbonyl (C=O) groups is 1. The van der Waals surface area contributed by atoms with Crippen LogP contribution in [0.3, 0.4) is 0 Å². The summed E-state index contributed by atoms with van der Waals surface area (Å²) in [6.07, 6.45) is 1.89. The Morgan fingerprint density at radius 1 is 1.62 bits per heavy atom. The van der Waals surface area contributed by atoms with E-state index in [1.165, 1.54) is 0 Å². The Labute approximate surface area is 79.0 Å². The SMILES string of the molecule is COCCN(C)C(=O)C1(CN)CC1. The molecule has 1 aliphatic rings. The highest BCUT2D eigenvalue weighted by molar-refractivity contribution is 5.85. The van der Waals surface area contributed by atoms with E-state index in [2.05, 4.69) is 0 Å². The van der Waals surface area contributed by atoms with Crippen molar-refractivity contribution in [3.63, 3.8) is 0 Å². The lowest BCUT2D eigenvalue weighted by Crippen LogP contribution is -2.39. The van der Waals surface area contributed by atoms with Gasteiger partial charge in [-0.25, -0.2) is 0 Å². The molecule has 13 heavy (non-hydrogen) atoms. The lowest BCUT2D eigenvalue weighted by Gasteiger charge is -2.21. The monoisotopic (exact) mass is 186 g/mol. The van der Waals surface area contributed by atoms with E-state index in [1.807, 2.05) is 0 Å². The number of methoxy groups -OCH3 is 1. The van der Waals surface area contributed by atoms with Gasteiger partial charge in [0.05, 0.1) is 12.0 Å². The molecule has 0 aromatic heterocycles. The molecular formula is C9H18N2O2. The highest BCUT2D eigenvalue weighted by Gasteiger charge is 2.49. The molecule has 0 spiro atoms. The molecule has 1 fully saturated rings. The van der Waals surface area contributed by atoms with Crippen LogP contribution in [0.5, 0.6) is 0 Å². The number of amides is 1. The summed E-state index contributed by atoms with van der Waals surface area (Å²) in [5.41, 5.74) is 5.34. The first-order chi connectivity index (χ1) is 6.16. The predicted octanol–water partition coefficient (Wildman–Crippen LogP) is -0.170. The van der Waals surface area contributed by atoms with Gasteiger partial charge in [0.1, 0.15) is 0 Å². The third kappa shape index (κ3) is 2.19. The van der Waals surface area contributed by atoms with E-state index in [1.54, 1.807) is 19.1 Å². The van der Waals surface area contributed by atoms with Crippen molar-refractivity contribution in [3.8, 4) is 0 Å². The van der Waals surface area contributed by atoms with E-state index in [-0.39, 0.29) is 11.3 Å². The Kier molecular flexibility index (Phi) is 3.27. The molecule has 1 saturated carbocycles. The predicted molar refractivity (Wildman–Crippen MR) is 50.2 cm³/mol. The van der Waals surface area contributed by atoms with E-state index in [0.717, 1.165) is 12.8 Å². The van der Waals surface area contributed by atoms with Gasteiger partial charge in [0.25, 0.3) is 0 Å². The molecule has 1 amide bonds. The van der Waals surface area contributed by atoms with Crippen LogP contribution in [0.2, 0.25) is 0 Å². The van der Waals surface area contributed by atoms with Crippen LogP contribution >= 0.6 is 0 Å². The Bertz CT molecular complexity index is 190. The molecule has 0 radical (unpaired) electrons. The van der Waals surface area contributed by atoms with E-state index in [4.69, 9.17) is 10.5 Å². The van der Waals surface area contributed by atoms with Crippen molar-refractivity contribution in [1.82, 2.24) is 4.90 Å². The van der Waals surface area contributed by atoms with Crippen LogP contribution in [0.25, 0.3) is 0 Å². The molecule has 2 N–H and O–H groups in total. The van der Waals surface area contributed by atoms with Crippen LogP contribution in [0, 0.1) is 5.41 Å². The smallest absolute Gasteiger partial charge is 0.229 e. The Balaban J connectivity index is 2.38. The molecule has 0 aromatic carbocycles. The molecule has 0 unspecified atom stereocenters. The first-order valence-corrected chi connectivity index (χ1v) is 4.61. The molecule has 0 heterocycles. The van der Waals surface area contributed by atoms with E-state index < -0.39 is 0 Å². The number of ether oxygens (including phenoxy) is 1. The molecule has 0 aliphatic heterocycles. The van der Waals surface area contributed by atoms with Gasteiger partial charge in [-0.05, 0) is 12.8 Å². The molecule has 76 valence electrons. The fourth-order valence-electron chi connectivity index (χ4n) is 1.39. The Morgan fingerprint density at radius 3 is 2.62 bits per heavy atom. The second-order valence-corrected chi connectivity index (χ2v) is 3.70. The largest absolute Gasteiger partial charge is 0.383 e. The average Bonchev–Trinajstić information content (AvgIpc) is 2.93. The fourth-order valence-corrected chi connectivity index (χ4v) is 1.39. The summed E-state index contributed by atoms with van der Waals surface area (Å²) in [4.78, 5) is 13.5. The van der Waals surface area contributed by atoms with Gasteiger partial charge in [0.2, 0.25) is 5.91 Å². The maximum atomic E-state index is 11.8. The quantitative estimate of drug-likeness (QED) is 0.648. The molecule has 0 atom stereocenters. The minimum Gasteiger partial charge on any atom is -0.383 e. The maximum absolute atomic E-state index is 11.8. The molecule has 0 bridgehead atoms. The van der Waals surface area contributed by atoms with E-state index in [0.29, 0.717) is 19.7 Å². The van der Waals surface area contributed by atoms with Crippen LogP contribution in [0.4, 0.5) is 0 Å². The number of hydrogen-bond donors (Lipinski definition) is 1. The Morgan fingerprint density at radius 2 is 2.23 bits per heavy atom. The van der Waals surface area contributed by atoms with Crippen LogP contribution in [0.15, 0.2) is 0 Å². The van der Waals surface area contributed by atoms with Crippen molar-refractivity contribution >= 4 is 5.91 Å². The summed E-state index contributed by atoms with van der Waals surface area (Å²) in [7, 11) is 3.44. The van der Waals surface area contributed by atoms with Gasteiger partial charge in [0.15, 0.2) is 0 Å². The molecule has 0 aromatic rings. The van der Waals surface area contributed by atoms with Crippen molar-refractivity contribution in [1.29, 1.82) is 0 Å². The molecular weight excluding hydrogens is 168 g/mol. The summed E-state index contributed by atoms with van der Waals surface area (Å²) in [6.45, 7) is 1.71. The summed E-state index contributed by atoms with van der Waals surface area (Å²) in [6, 6.07) is 0. The third-order valence-electron chi connectivity index (χ3n) is 2.68. The van der Waals surface area contributed by atoms with Gasteiger partial charge < -0.3 is 15.4 Å². The average molecular weight is 186 g/mol. The zero-order valence-corrected chi connectivity index (χ0v) is 8.38. The van der Waals surface area contributed by atoms with Crippen LogP contribution in [0.1, 0.15) is 12.8 Å². The minimum absolute atomic E-state index is 0.173. The van der Waals surface area contributed by atoms with Crippen molar-refractivity contribution < 1.29 is 9.53 Å². The zero-order chi connectivity index (χ0) is 9.90. The number of nitrogens with zero attached hydrogens (tertiary/aromatic N) is 1. The summed E-state index contributed by atoms with van der Waals surface area (Å²) < 4.78 is 4.90. The Hall–Kier alpha value is -0.610. The second kappa shape index (κ2) is 4.07. The topological polar surface area (TPSA) is 55.6 Å². The van der Waals surface area contributed by atoms with Crippen LogP contribution in [-0.2, 0) is 9.53 Å². The molecule has 4 nitrogen and oxygen atoms in total. The maximum Gasteiger partial charge on any atom is 0.229 e. The van der Waals surface area contributed by atoms with Crippen molar-refractivity contribution in [2.45, 2.75) is 12.8 Å². The van der Waals surface area contributed by atoms with Gasteiger partial charge in [-0.15, -0.1) is 0 Å². The van der Waals surface area contributed by atoms with Crippen LogP contribution < -0.4 is 5.73 Å². The first kappa shape index (κ1) is 10.5. The van der Waals surface area contributed by atoms with Crippen LogP contribution in [-0.4, -0.2) is 44.7 Å². The molecule has 0 saturated heterocycles. The zero-order valence-electron chi connectivity index (χ0n) is 8.38. The second-order valence-electron chi connectivity index (χ2n) is 3.70. The number of nitrogens with two attached hydrogens (primary N) is 1. The summed E-state index contributed by atoms with van der Waals surface area (Å²) in [5.74, 6) is 0.173. The highest BCUT2D eigenvalue weighted by atomic mass is 16.5. The number of rotatable bonds is 5. The van der Waals surface area contributed by atoms with E-state index >= 15 is 0 Å². The van der Waals surface area contributed by atoms with Gasteiger partial charge in [-0.1, -0.05) is 0 Å². The first-order valence-electron chi connectivity index (χ1n) is 4.61. The van der Waals surface area contributed by atoms with Gasteiger partial charge in [-0.2, -0.15) is 0 Å². The number of hydrogen-bond acceptors (Lipinski definition) is 3. The van der Waals surface area contributed by atoms with Gasteiger partial charge in [-0.3, -0.25) is 4.79 Å². The summed E-state index contributed by atoms with van der Waals surface area (Å²) in [5, 5.41) is 0. The normalized spacial score (nSPS) is 18.4. The standard InChI is InChI=1S/C9H18N2O2/c1-11(5-6-13-2)8(12)9(7-10)3-4-9/h3-7,10H2,1-2H3. The van der Waals surface area contributed by atoms with Crippen molar-refractivity contribution in [2.75, 3.05) is 33.9 Å². The van der Waals surface area contributed by atoms with Crippen molar-refractivity contribution in [2.24, 2.45) is 11.1 Å². The third-order valence-corrected chi connectivity index (χ3v) is 2.68.